The number of anilines is 1. The van der Waals surface area contributed by atoms with Crippen LogP contribution in [0.15, 0.2) is 34.8 Å². The van der Waals surface area contributed by atoms with Gasteiger partial charge in [-0.3, -0.25) is 0 Å². The van der Waals surface area contributed by atoms with Gasteiger partial charge in [0, 0.05) is 16.7 Å². The first-order valence-electron chi connectivity index (χ1n) is 7.53. The number of methoxy groups -OCH3 is 1. The molecule has 5 nitrogen and oxygen atoms in total. The Morgan fingerprint density at radius 3 is 2.58 bits per heavy atom. The molecule has 2 N–H and O–H groups in total. The molecule has 24 heavy (non-hydrogen) atoms. The van der Waals surface area contributed by atoms with Gasteiger partial charge in [0.05, 0.1) is 19.3 Å². The second kappa shape index (κ2) is 8.06. The number of hydrogen-bond acceptors (Lipinski definition) is 4. The maximum atomic E-state index is 11.0. The number of nitrogens with one attached hydrogen (secondary N) is 1. The van der Waals surface area contributed by atoms with Crippen LogP contribution in [0.25, 0.3) is 0 Å². The number of carboxylic acid groups (broad SMARTS) is 1. The highest BCUT2D eigenvalue weighted by Crippen LogP contribution is 2.34. The van der Waals surface area contributed by atoms with Crippen LogP contribution in [0.1, 0.15) is 28.4 Å². The van der Waals surface area contributed by atoms with Gasteiger partial charge in [0.1, 0.15) is 0 Å². The van der Waals surface area contributed by atoms with E-state index in [9.17, 15) is 4.79 Å². The molecule has 0 amide bonds. The lowest BCUT2D eigenvalue weighted by atomic mass is 10.1. The Hall–Kier alpha value is -2.21. The summed E-state index contributed by atoms with van der Waals surface area (Å²) in [7, 11) is 1.61. The normalized spacial score (nSPS) is 10.3. The van der Waals surface area contributed by atoms with Crippen molar-refractivity contribution in [2.75, 3.05) is 19.0 Å². The van der Waals surface area contributed by atoms with Gasteiger partial charge < -0.3 is 19.9 Å². The Morgan fingerprint density at radius 2 is 2.00 bits per heavy atom. The molecule has 0 fully saturated rings. The Morgan fingerprint density at radius 1 is 1.25 bits per heavy atom. The molecule has 0 radical (unpaired) electrons. The van der Waals surface area contributed by atoms with Gasteiger partial charge in [-0.2, -0.15) is 0 Å². The van der Waals surface area contributed by atoms with Gasteiger partial charge in [-0.25, -0.2) is 4.79 Å². The molecule has 2 aromatic carbocycles. The molecule has 6 heteroatoms. The van der Waals surface area contributed by atoms with E-state index in [4.69, 9.17) is 14.6 Å². The van der Waals surface area contributed by atoms with Crippen molar-refractivity contribution in [2.24, 2.45) is 0 Å². The van der Waals surface area contributed by atoms with Crippen molar-refractivity contribution < 1.29 is 19.4 Å². The van der Waals surface area contributed by atoms with Gasteiger partial charge in [-0.15, -0.1) is 0 Å². The molecule has 0 bridgehead atoms. The van der Waals surface area contributed by atoms with E-state index in [1.165, 1.54) is 0 Å². The second-order valence-electron chi connectivity index (χ2n) is 5.22. The molecule has 0 aliphatic rings. The van der Waals surface area contributed by atoms with Crippen LogP contribution in [0, 0.1) is 6.92 Å². The molecule has 0 aliphatic heterocycles. The molecule has 0 saturated heterocycles. The van der Waals surface area contributed by atoms with Crippen LogP contribution in [0.5, 0.6) is 11.5 Å². The third-order valence-corrected chi connectivity index (χ3v) is 4.31. The highest BCUT2D eigenvalue weighted by atomic mass is 79.9. The average Bonchev–Trinajstić information content (AvgIpc) is 2.55. The van der Waals surface area contributed by atoms with E-state index < -0.39 is 5.97 Å². The number of hydrogen-bond donors (Lipinski definition) is 2. The van der Waals surface area contributed by atoms with Crippen molar-refractivity contribution in [1.29, 1.82) is 0 Å². The number of carboxylic acids is 1. The Bertz CT molecular complexity index is 746. The maximum Gasteiger partial charge on any atom is 0.335 e. The summed E-state index contributed by atoms with van der Waals surface area (Å²) in [5, 5.41) is 12.3. The van der Waals surface area contributed by atoms with Crippen LogP contribution in [0.4, 0.5) is 5.69 Å². The van der Waals surface area contributed by atoms with E-state index in [0.717, 1.165) is 21.3 Å². The number of halogens is 1. The summed E-state index contributed by atoms with van der Waals surface area (Å²) < 4.78 is 11.8. The molecule has 0 saturated carbocycles. The predicted octanol–water partition coefficient (Wildman–Crippen LogP) is 4.48. The number of aryl methyl sites for hydroxylation is 1. The summed E-state index contributed by atoms with van der Waals surface area (Å²) in [6.07, 6.45) is 0. The number of aromatic carboxylic acids is 1. The van der Waals surface area contributed by atoms with Gasteiger partial charge in [0.25, 0.3) is 0 Å². The summed E-state index contributed by atoms with van der Waals surface area (Å²) in [5.41, 5.74) is 3.06. The SMILES string of the molecule is CCOc1cc(Br)c(CNc2ccc(C(=O)O)cc2C)cc1OC. The largest absolute Gasteiger partial charge is 0.493 e. The van der Waals surface area contributed by atoms with Crippen LogP contribution < -0.4 is 14.8 Å². The van der Waals surface area contributed by atoms with Crippen molar-refractivity contribution in [3.63, 3.8) is 0 Å². The van der Waals surface area contributed by atoms with Crippen LogP contribution >= 0.6 is 15.9 Å². The minimum absolute atomic E-state index is 0.280. The van der Waals surface area contributed by atoms with Crippen LogP contribution in [-0.2, 0) is 6.54 Å². The molecule has 0 spiro atoms. The van der Waals surface area contributed by atoms with Gasteiger partial charge in [0.2, 0.25) is 0 Å². The number of rotatable bonds is 7. The molecular formula is C18H20BrNO4. The van der Waals surface area contributed by atoms with Crippen LogP contribution in [0.2, 0.25) is 0 Å². The van der Waals surface area contributed by atoms with E-state index in [1.807, 2.05) is 26.0 Å². The van der Waals surface area contributed by atoms with E-state index in [-0.39, 0.29) is 5.56 Å². The molecule has 0 aromatic heterocycles. The third-order valence-electron chi connectivity index (χ3n) is 3.58. The Kier molecular flexibility index (Phi) is 6.09. The van der Waals surface area contributed by atoms with E-state index in [2.05, 4.69) is 21.2 Å². The Labute approximate surface area is 149 Å². The first kappa shape index (κ1) is 18.1. The molecule has 2 aromatic rings. The van der Waals surface area contributed by atoms with Crippen molar-refractivity contribution in [3.05, 3.63) is 51.5 Å². The summed E-state index contributed by atoms with van der Waals surface area (Å²) in [6.45, 7) is 4.93. The van der Waals surface area contributed by atoms with Crippen molar-refractivity contribution in [2.45, 2.75) is 20.4 Å². The molecule has 0 aliphatic carbocycles. The topological polar surface area (TPSA) is 67.8 Å². The molecule has 0 atom stereocenters. The summed E-state index contributed by atoms with van der Waals surface area (Å²) in [4.78, 5) is 11.0. The predicted molar refractivity (Wildman–Crippen MR) is 97.3 cm³/mol. The van der Waals surface area contributed by atoms with Crippen molar-refractivity contribution in [3.8, 4) is 11.5 Å². The first-order valence-corrected chi connectivity index (χ1v) is 8.32. The fourth-order valence-corrected chi connectivity index (χ4v) is 2.79. The summed E-state index contributed by atoms with van der Waals surface area (Å²) in [5.74, 6) is 0.441. The fraction of sp³-hybridized carbons (Fsp3) is 0.278. The average molecular weight is 394 g/mol. The van der Waals surface area contributed by atoms with Gasteiger partial charge in [-0.05, 0) is 55.3 Å². The third kappa shape index (κ3) is 4.20. The number of benzene rings is 2. The van der Waals surface area contributed by atoms with Crippen LogP contribution in [-0.4, -0.2) is 24.8 Å². The molecule has 128 valence electrons. The van der Waals surface area contributed by atoms with Gasteiger partial charge in [0.15, 0.2) is 11.5 Å². The van der Waals surface area contributed by atoms with E-state index >= 15 is 0 Å². The maximum absolute atomic E-state index is 11.0. The lowest BCUT2D eigenvalue weighted by Gasteiger charge is -2.15. The zero-order valence-electron chi connectivity index (χ0n) is 13.9. The lowest BCUT2D eigenvalue weighted by molar-refractivity contribution is 0.0697. The zero-order valence-corrected chi connectivity index (χ0v) is 15.4. The highest BCUT2D eigenvalue weighted by molar-refractivity contribution is 9.10. The molecule has 0 heterocycles. The van der Waals surface area contributed by atoms with Crippen molar-refractivity contribution in [1.82, 2.24) is 0 Å². The standard InChI is InChI=1S/C18H20BrNO4/c1-4-24-17-9-14(19)13(8-16(17)23-3)10-20-15-6-5-12(18(21)22)7-11(15)2/h5-9,20H,4,10H2,1-3H3,(H,21,22). The lowest BCUT2D eigenvalue weighted by Crippen LogP contribution is -2.05. The molecular weight excluding hydrogens is 374 g/mol. The smallest absolute Gasteiger partial charge is 0.335 e. The fourth-order valence-electron chi connectivity index (χ4n) is 2.33. The van der Waals surface area contributed by atoms with Gasteiger partial charge in [-0.1, -0.05) is 15.9 Å². The van der Waals surface area contributed by atoms with Gasteiger partial charge >= 0.3 is 5.97 Å². The highest BCUT2D eigenvalue weighted by Gasteiger charge is 2.11. The second-order valence-corrected chi connectivity index (χ2v) is 6.07. The zero-order chi connectivity index (χ0) is 17.7. The number of ether oxygens (including phenoxy) is 2. The quantitative estimate of drug-likeness (QED) is 0.725. The first-order chi connectivity index (χ1) is 11.5. The molecule has 0 unspecified atom stereocenters. The number of carbonyl (C=O) groups is 1. The summed E-state index contributed by atoms with van der Waals surface area (Å²) >= 11 is 3.55. The van der Waals surface area contributed by atoms with Crippen LogP contribution in [0.3, 0.4) is 0 Å². The van der Waals surface area contributed by atoms with E-state index in [1.54, 1.807) is 25.3 Å². The minimum Gasteiger partial charge on any atom is -0.493 e. The molecule has 2 rings (SSSR count). The minimum atomic E-state index is -0.927. The van der Waals surface area contributed by atoms with Crippen molar-refractivity contribution >= 4 is 27.6 Å². The summed E-state index contributed by atoms with van der Waals surface area (Å²) in [6, 6.07) is 8.82. The monoisotopic (exact) mass is 393 g/mol. The van der Waals surface area contributed by atoms with E-state index in [0.29, 0.717) is 24.7 Å². The Balaban J connectivity index is 2.18.